The summed E-state index contributed by atoms with van der Waals surface area (Å²) in [6.07, 6.45) is 0.206. The Kier molecular flexibility index (Phi) is 3.42. The van der Waals surface area contributed by atoms with Crippen LogP contribution in [0.25, 0.3) is 0 Å². The standard InChI is InChI=1S/C17H16O3/c1-2-19-14-8-5-7-13(10-14)17(18)16-11-12-6-3-4-9-15(12)20-16/h3-10,16H,2,11H2,1H3. The third kappa shape index (κ3) is 2.39. The van der Waals surface area contributed by atoms with E-state index < -0.39 is 6.10 Å². The lowest BCUT2D eigenvalue weighted by Gasteiger charge is -2.10. The Labute approximate surface area is 118 Å². The molecule has 0 N–H and O–H groups in total. The maximum atomic E-state index is 12.5. The van der Waals surface area contributed by atoms with E-state index in [4.69, 9.17) is 9.47 Å². The zero-order chi connectivity index (χ0) is 13.9. The second-order valence-electron chi connectivity index (χ2n) is 4.74. The molecule has 0 fully saturated rings. The summed E-state index contributed by atoms with van der Waals surface area (Å²) in [5.74, 6) is 1.53. The maximum absolute atomic E-state index is 12.5. The average Bonchev–Trinajstić information content (AvgIpc) is 2.91. The molecule has 0 radical (unpaired) electrons. The van der Waals surface area contributed by atoms with Crippen molar-refractivity contribution in [2.75, 3.05) is 6.61 Å². The molecule has 0 saturated heterocycles. The summed E-state index contributed by atoms with van der Waals surface area (Å²) in [6.45, 7) is 2.51. The van der Waals surface area contributed by atoms with Crippen molar-refractivity contribution in [3.63, 3.8) is 0 Å². The van der Waals surface area contributed by atoms with Gasteiger partial charge in [0, 0.05) is 12.0 Å². The summed E-state index contributed by atoms with van der Waals surface area (Å²) < 4.78 is 11.2. The molecule has 0 amide bonds. The van der Waals surface area contributed by atoms with Gasteiger partial charge in [0.25, 0.3) is 0 Å². The van der Waals surface area contributed by atoms with Gasteiger partial charge in [-0.25, -0.2) is 0 Å². The minimum Gasteiger partial charge on any atom is -0.494 e. The molecule has 3 nitrogen and oxygen atoms in total. The number of rotatable bonds is 4. The number of ether oxygens (including phenoxy) is 2. The van der Waals surface area contributed by atoms with Gasteiger partial charge in [-0.2, -0.15) is 0 Å². The first-order chi connectivity index (χ1) is 9.78. The average molecular weight is 268 g/mol. The van der Waals surface area contributed by atoms with Gasteiger partial charge < -0.3 is 9.47 Å². The second kappa shape index (κ2) is 5.37. The van der Waals surface area contributed by atoms with Crippen molar-refractivity contribution >= 4 is 5.78 Å². The van der Waals surface area contributed by atoms with Gasteiger partial charge in [-0.1, -0.05) is 30.3 Å². The predicted octanol–water partition coefficient (Wildman–Crippen LogP) is 3.27. The molecule has 2 aromatic rings. The van der Waals surface area contributed by atoms with E-state index in [2.05, 4.69) is 0 Å². The lowest BCUT2D eigenvalue weighted by atomic mass is 10.0. The van der Waals surface area contributed by atoms with Crippen molar-refractivity contribution in [1.29, 1.82) is 0 Å². The molecule has 0 bridgehead atoms. The Balaban J connectivity index is 1.79. The van der Waals surface area contributed by atoms with Crippen LogP contribution in [0.5, 0.6) is 11.5 Å². The van der Waals surface area contributed by atoms with Gasteiger partial charge in [-0.3, -0.25) is 4.79 Å². The molecule has 3 rings (SSSR count). The molecule has 2 aromatic carbocycles. The number of Topliss-reactive ketones (excluding diaryl/α,β-unsaturated/α-hetero) is 1. The molecule has 0 spiro atoms. The van der Waals surface area contributed by atoms with Crippen molar-refractivity contribution in [2.45, 2.75) is 19.4 Å². The number of hydrogen-bond donors (Lipinski definition) is 0. The SMILES string of the molecule is CCOc1cccc(C(=O)C2Cc3ccccc3O2)c1. The molecule has 1 aliphatic rings. The minimum atomic E-state index is -0.427. The molecule has 1 aliphatic heterocycles. The Hall–Kier alpha value is -2.29. The molecule has 20 heavy (non-hydrogen) atoms. The van der Waals surface area contributed by atoms with Crippen LogP contribution in [0, 0.1) is 0 Å². The van der Waals surface area contributed by atoms with E-state index in [0.717, 1.165) is 11.3 Å². The number of ketones is 1. The number of benzene rings is 2. The molecule has 1 unspecified atom stereocenters. The van der Waals surface area contributed by atoms with Crippen molar-refractivity contribution in [1.82, 2.24) is 0 Å². The highest BCUT2D eigenvalue weighted by Gasteiger charge is 2.29. The van der Waals surface area contributed by atoms with Crippen LogP contribution in [0.4, 0.5) is 0 Å². The topological polar surface area (TPSA) is 35.5 Å². The molecule has 102 valence electrons. The minimum absolute atomic E-state index is 0.00255. The number of fused-ring (bicyclic) bond motifs is 1. The number of carbonyl (C=O) groups is 1. The third-order valence-electron chi connectivity index (χ3n) is 3.37. The van der Waals surface area contributed by atoms with Crippen molar-refractivity contribution in [3.05, 3.63) is 59.7 Å². The normalized spacial score (nSPS) is 16.4. The molecule has 0 saturated carbocycles. The lowest BCUT2D eigenvalue weighted by Crippen LogP contribution is -2.25. The van der Waals surface area contributed by atoms with E-state index in [-0.39, 0.29) is 5.78 Å². The van der Waals surface area contributed by atoms with E-state index in [1.54, 1.807) is 12.1 Å². The van der Waals surface area contributed by atoms with Crippen LogP contribution in [0.15, 0.2) is 48.5 Å². The quantitative estimate of drug-likeness (QED) is 0.798. The van der Waals surface area contributed by atoms with Crippen molar-refractivity contribution < 1.29 is 14.3 Å². The van der Waals surface area contributed by atoms with Gasteiger partial charge in [0.2, 0.25) is 5.78 Å². The van der Waals surface area contributed by atoms with Crippen LogP contribution < -0.4 is 9.47 Å². The summed E-state index contributed by atoms with van der Waals surface area (Å²) in [5, 5.41) is 0. The second-order valence-corrected chi connectivity index (χ2v) is 4.74. The predicted molar refractivity (Wildman–Crippen MR) is 76.5 cm³/mol. The Bertz CT molecular complexity index is 609. The monoisotopic (exact) mass is 268 g/mol. The fourth-order valence-electron chi connectivity index (χ4n) is 2.42. The van der Waals surface area contributed by atoms with Crippen LogP contribution in [-0.2, 0) is 6.42 Å². The van der Waals surface area contributed by atoms with Gasteiger partial charge in [-0.15, -0.1) is 0 Å². The molecular formula is C17H16O3. The summed E-state index contributed by atoms with van der Waals surface area (Å²) in [6, 6.07) is 15.0. The molecule has 0 aromatic heterocycles. The fraction of sp³-hybridized carbons (Fsp3) is 0.235. The first-order valence-electron chi connectivity index (χ1n) is 6.79. The van der Waals surface area contributed by atoms with Crippen LogP contribution >= 0.6 is 0 Å². The molecule has 1 atom stereocenters. The first kappa shape index (κ1) is 12.7. The summed E-state index contributed by atoms with van der Waals surface area (Å²) in [4.78, 5) is 12.5. The molecular weight excluding hydrogens is 252 g/mol. The van der Waals surface area contributed by atoms with Gasteiger partial charge in [0.1, 0.15) is 11.5 Å². The zero-order valence-corrected chi connectivity index (χ0v) is 11.3. The van der Waals surface area contributed by atoms with Gasteiger partial charge in [-0.05, 0) is 30.7 Å². The molecule has 3 heteroatoms. The van der Waals surface area contributed by atoms with E-state index in [1.807, 2.05) is 43.3 Å². The van der Waals surface area contributed by atoms with E-state index in [0.29, 0.717) is 24.3 Å². The molecule has 0 aliphatic carbocycles. The fourth-order valence-corrected chi connectivity index (χ4v) is 2.42. The highest BCUT2D eigenvalue weighted by Crippen LogP contribution is 2.30. The first-order valence-corrected chi connectivity index (χ1v) is 6.79. The van der Waals surface area contributed by atoms with Gasteiger partial charge in [0.15, 0.2) is 6.10 Å². The van der Waals surface area contributed by atoms with Crippen LogP contribution in [0.1, 0.15) is 22.8 Å². The van der Waals surface area contributed by atoms with Crippen LogP contribution in [-0.4, -0.2) is 18.5 Å². The lowest BCUT2D eigenvalue weighted by molar-refractivity contribution is 0.0824. The van der Waals surface area contributed by atoms with E-state index in [9.17, 15) is 4.79 Å². The highest BCUT2D eigenvalue weighted by atomic mass is 16.5. The third-order valence-corrected chi connectivity index (χ3v) is 3.37. The van der Waals surface area contributed by atoms with E-state index >= 15 is 0 Å². The van der Waals surface area contributed by atoms with Gasteiger partial charge in [0.05, 0.1) is 6.61 Å². The Morgan fingerprint density at radius 1 is 1.25 bits per heavy atom. The van der Waals surface area contributed by atoms with Gasteiger partial charge >= 0.3 is 0 Å². The Morgan fingerprint density at radius 2 is 2.10 bits per heavy atom. The van der Waals surface area contributed by atoms with Crippen LogP contribution in [0.2, 0.25) is 0 Å². The van der Waals surface area contributed by atoms with E-state index in [1.165, 1.54) is 0 Å². The number of carbonyl (C=O) groups excluding carboxylic acids is 1. The van der Waals surface area contributed by atoms with Crippen molar-refractivity contribution in [2.24, 2.45) is 0 Å². The largest absolute Gasteiger partial charge is 0.494 e. The highest BCUT2D eigenvalue weighted by molar-refractivity contribution is 6.00. The smallest absolute Gasteiger partial charge is 0.203 e. The summed E-state index contributed by atoms with van der Waals surface area (Å²) in [7, 11) is 0. The maximum Gasteiger partial charge on any atom is 0.203 e. The number of para-hydroxylation sites is 1. The van der Waals surface area contributed by atoms with Crippen LogP contribution in [0.3, 0.4) is 0 Å². The Morgan fingerprint density at radius 3 is 2.90 bits per heavy atom. The summed E-state index contributed by atoms with van der Waals surface area (Å²) >= 11 is 0. The number of hydrogen-bond acceptors (Lipinski definition) is 3. The zero-order valence-electron chi connectivity index (χ0n) is 11.3. The molecule has 1 heterocycles. The summed E-state index contributed by atoms with van der Waals surface area (Å²) in [5.41, 5.74) is 1.72. The van der Waals surface area contributed by atoms with Crippen molar-refractivity contribution in [3.8, 4) is 11.5 Å².